The molecular weight excluding hydrogens is 302 g/mol. The molecule has 2 heterocycles. The van der Waals surface area contributed by atoms with Crippen molar-refractivity contribution in [3.63, 3.8) is 0 Å². The van der Waals surface area contributed by atoms with E-state index in [1.807, 2.05) is 0 Å². The quantitative estimate of drug-likeness (QED) is 0.868. The zero-order valence-electron chi connectivity index (χ0n) is 12.7. The van der Waals surface area contributed by atoms with Gasteiger partial charge in [-0.25, -0.2) is 9.61 Å². The molecule has 2 amide bonds. The molecule has 1 aliphatic carbocycles. The summed E-state index contributed by atoms with van der Waals surface area (Å²) >= 11 is 0. The lowest BCUT2D eigenvalue weighted by Crippen LogP contribution is -2.17. The Kier molecular flexibility index (Phi) is 3.92. The predicted molar refractivity (Wildman–Crippen MR) is 79.4 cm³/mol. The molecule has 2 aromatic rings. The number of rotatable bonds is 4. The summed E-state index contributed by atoms with van der Waals surface area (Å²) in [6, 6.07) is 1.77. The maximum Gasteiger partial charge on any atom is 0.262 e. The van der Waals surface area contributed by atoms with Crippen molar-refractivity contribution in [3.8, 4) is 5.88 Å². The number of aromatic nitrogens is 3. The number of hydrogen-bond donors (Lipinski definition) is 2. The van der Waals surface area contributed by atoms with Crippen LogP contribution in [0.4, 0.5) is 11.6 Å². The van der Waals surface area contributed by atoms with Crippen molar-refractivity contribution in [3.05, 3.63) is 22.9 Å². The van der Waals surface area contributed by atoms with E-state index in [4.69, 9.17) is 4.74 Å². The van der Waals surface area contributed by atoms with E-state index >= 15 is 0 Å². The number of fused-ring (bicyclic) bond motifs is 1. The van der Waals surface area contributed by atoms with Crippen LogP contribution in [0.2, 0.25) is 0 Å². The van der Waals surface area contributed by atoms with Crippen molar-refractivity contribution in [2.75, 3.05) is 17.7 Å². The molecule has 0 atom stereocenters. The minimum absolute atomic E-state index is 0.0211. The monoisotopic (exact) mass is 317 g/mol. The third-order valence-electron chi connectivity index (χ3n) is 3.47. The Bertz CT molecular complexity index is 771. The summed E-state index contributed by atoms with van der Waals surface area (Å²) in [7, 11) is 1.46. The average Bonchev–Trinajstić information content (AvgIpc) is 3.14. The van der Waals surface area contributed by atoms with Crippen LogP contribution < -0.4 is 15.4 Å². The highest BCUT2D eigenvalue weighted by Crippen LogP contribution is 2.27. The highest BCUT2D eigenvalue weighted by atomic mass is 16.6. The van der Waals surface area contributed by atoms with E-state index in [0.717, 1.165) is 30.5 Å². The molecule has 0 aliphatic heterocycles. The first kappa shape index (κ1) is 14.9. The van der Waals surface area contributed by atoms with E-state index in [1.54, 1.807) is 6.07 Å². The van der Waals surface area contributed by atoms with Crippen LogP contribution in [0.5, 0.6) is 5.88 Å². The number of anilines is 2. The summed E-state index contributed by atoms with van der Waals surface area (Å²) in [4.78, 5) is 27.9. The van der Waals surface area contributed by atoms with E-state index in [0.29, 0.717) is 5.56 Å². The second-order valence-electron chi connectivity index (χ2n) is 5.10. The first-order valence-corrected chi connectivity index (χ1v) is 7.06. The molecule has 0 bridgehead atoms. The Morgan fingerprint density at radius 1 is 1.22 bits per heavy atom. The van der Waals surface area contributed by atoms with Gasteiger partial charge in [0, 0.05) is 12.6 Å². The Hall–Kier alpha value is -2.97. The largest absolute Gasteiger partial charge is 0.480 e. The Balaban J connectivity index is 1.87. The molecule has 0 unspecified atom stereocenters. The van der Waals surface area contributed by atoms with Gasteiger partial charge in [0.1, 0.15) is 5.56 Å². The Morgan fingerprint density at radius 3 is 2.65 bits per heavy atom. The van der Waals surface area contributed by atoms with E-state index in [2.05, 4.69) is 30.6 Å². The molecule has 0 fully saturated rings. The number of ether oxygens (including phenoxy) is 1. The fraction of sp³-hybridized carbons (Fsp3) is 0.357. The van der Waals surface area contributed by atoms with Gasteiger partial charge >= 0.3 is 0 Å². The van der Waals surface area contributed by atoms with E-state index in [-0.39, 0.29) is 23.4 Å². The standard InChI is InChI=1S/C14H15N5O4/c1-7(20)15-11-12(19-23-18-11)17-13(21)9-6-8-4-3-5-10(8)16-14(9)22-2/h6H,3-5H2,1-2H3,(H,15,18,20)(H,17,19,21). The van der Waals surface area contributed by atoms with Gasteiger partial charge in [0.15, 0.2) is 0 Å². The lowest BCUT2D eigenvalue weighted by Gasteiger charge is -2.10. The molecular formula is C14H15N5O4. The van der Waals surface area contributed by atoms with Crippen molar-refractivity contribution < 1.29 is 19.0 Å². The topological polar surface area (TPSA) is 119 Å². The number of aryl methyl sites for hydroxylation is 2. The molecule has 9 heteroatoms. The van der Waals surface area contributed by atoms with Crippen LogP contribution >= 0.6 is 0 Å². The van der Waals surface area contributed by atoms with Gasteiger partial charge in [-0.1, -0.05) is 0 Å². The normalized spacial score (nSPS) is 12.6. The van der Waals surface area contributed by atoms with Crippen LogP contribution in [0.1, 0.15) is 35.0 Å². The van der Waals surface area contributed by atoms with Crippen molar-refractivity contribution in [1.82, 2.24) is 15.3 Å². The number of carbonyl (C=O) groups excluding carboxylic acids is 2. The van der Waals surface area contributed by atoms with Crippen LogP contribution in [-0.4, -0.2) is 34.2 Å². The van der Waals surface area contributed by atoms with E-state index in [1.165, 1.54) is 14.0 Å². The van der Waals surface area contributed by atoms with Crippen molar-refractivity contribution in [2.24, 2.45) is 0 Å². The maximum atomic E-state index is 12.5. The van der Waals surface area contributed by atoms with Gasteiger partial charge in [-0.2, -0.15) is 0 Å². The van der Waals surface area contributed by atoms with Crippen LogP contribution in [0.15, 0.2) is 10.7 Å². The third-order valence-corrected chi connectivity index (χ3v) is 3.47. The molecule has 23 heavy (non-hydrogen) atoms. The van der Waals surface area contributed by atoms with Gasteiger partial charge in [-0.15, -0.1) is 0 Å². The SMILES string of the molecule is COc1nc2c(cc1C(=O)Nc1nonc1NC(C)=O)CCC2. The summed E-state index contributed by atoms with van der Waals surface area (Å²) < 4.78 is 9.74. The smallest absolute Gasteiger partial charge is 0.262 e. The minimum atomic E-state index is -0.466. The fourth-order valence-electron chi connectivity index (χ4n) is 2.47. The summed E-state index contributed by atoms with van der Waals surface area (Å²) in [5, 5.41) is 12.0. The van der Waals surface area contributed by atoms with Gasteiger partial charge in [-0.3, -0.25) is 9.59 Å². The van der Waals surface area contributed by atoms with Crippen LogP contribution in [0.3, 0.4) is 0 Å². The zero-order valence-corrected chi connectivity index (χ0v) is 12.7. The summed E-state index contributed by atoms with van der Waals surface area (Å²) in [5.41, 5.74) is 2.29. The molecule has 3 rings (SSSR count). The first-order chi connectivity index (χ1) is 11.1. The lowest BCUT2D eigenvalue weighted by atomic mass is 10.1. The predicted octanol–water partition coefficient (Wildman–Crippen LogP) is 1.17. The van der Waals surface area contributed by atoms with Gasteiger partial charge in [-0.05, 0) is 41.2 Å². The van der Waals surface area contributed by atoms with Gasteiger partial charge in [0.05, 0.1) is 7.11 Å². The van der Waals surface area contributed by atoms with E-state index < -0.39 is 5.91 Å². The molecule has 0 aromatic carbocycles. The number of methoxy groups -OCH3 is 1. The average molecular weight is 317 g/mol. The van der Waals surface area contributed by atoms with Gasteiger partial charge in [0.2, 0.25) is 23.4 Å². The number of carbonyl (C=O) groups is 2. The van der Waals surface area contributed by atoms with Crippen molar-refractivity contribution in [2.45, 2.75) is 26.2 Å². The molecule has 2 N–H and O–H groups in total. The third kappa shape index (κ3) is 2.98. The van der Waals surface area contributed by atoms with Crippen molar-refractivity contribution in [1.29, 1.82) is 0 Å². The molecule has 2 aromatic heterocycles. The van der Waals surface area contributed by atoms with Gasteiger partial charge in [0.25, 0.3) is 5.91 Å². The molecule has 0 spiro atoms. The number of amides is 2. The zero-order chi connectivity index (χ0) is 16.4. The fourth-order valence-corrected chi connectivity index (χ4v) is 2.47. The first-order valence-electron chi connectivity index (χ1n) is 7.06. The number of nitrogens with one attached hydrogen (secondary N) is 2. The summed E-state index contributed by atoms with van der Waals surface area (Å²) in [6.07, 6.45) is 2.78. The second-order valence-corrected chi connectivity index (χ2v) is 5.10. The van der Waals surface area contributed by atoms with Crippen molar-refractivity contribution >= 4 is 23.5 Å². The summed E-state index contributed by atoms with van der Waals surface area (Å²) in [5.74, 6) is -0.508. The molecule has 0 saturated heterocycles. The molecule has 120 valence electrons. The van der Waals surface area contributed by atoms with Gasteiger partial charge < -0.3 is 15.4 Å². The maximum absolute atomic E-state index is 12.5. The summed E-state index contributed by atoms with van der Waals surface area (Å²) in [6.45, 7) is 1.31. The molecule has 0 radical (unpaired) electrons. The highest BCUT2D eigenvalue weighted by Gasteiger charge is 2.23. The van der Waals surface area contributed by atoms with Crippen LogP contribution in [0, 0.1) is 0 Å². The molecule has 9 nitrogen and oxygen atoms in total. The van der Waals surface area contributed by atoms with Crippen LogP contribution in [0.25, 0.3) is 0 Å². The van der Waals surface area contributed by atoms with E-state index in [9.17, 15) is 9.59 Å². The van der Waals surface area contributed by atoms with Crippen LogP contribution in [-0.2, 0) is 17.6 Å². The Labute approximate surface area is 131 Å². The highest BCUT2D eigenvalue weighted by molar-refractivity contribution is 6.07. The minimum Gasteiger partial charge on any atom is -0.480 e. The molecule has 1 aliphatic rings. The molecule has 0 saturated carbocycles. The number of pyridine rings is 1. The Morgan fingerprint density at radius 2 is 1.96 bits per heavy atom. The number of hydrogen-bond acceptors (Lipinski definition) is 7. The lowest BCUT2D eigenvalue weighted by molar-refractivity contribution is -0.114. The number of nitrogens with zero attached hydrogens (tertiary/aromatic N) is 3. The second kappa shape index (κ2) is 6.03.